The molecule has 0 aliphatic heterocycles. The summed E-state index contributed by atoms with van der Waals surface area (Å²) in [6.07, 6.45) is -1.45. The Morgan fingerprint density at radius 1 is 1.12 bits per heavy atom. The number of alkyl carbamates (subject to hydrolysis) is 1. The van der Waals surface area contributed by atoms with E-state index in [0.29, 0.717) is 0 Å². The van der Waals surface area contributed by atoms with Gasteiger partial charge in [-0.3, -0.25) is 0 Å². The molecule has 8 nitrogen and oxygen atoms in total. The van der Waals surface area contributed by atoms with E-state index in [1.807, 2.05) is 18.2 Å². The van der Waals surface area contributed by atoms with Crippen molar-refractivity contribution < 1.29 is 29.3 Å². The predicted octanol–water partition coefficient (Wildman–Crippen LogP) is 1.50. The zero-order valence-electron chi connectivity index (χ0n) is 15.7. The molecule has 1 rings (SSSR count). The summed E-state index contributed by atoms with van der Waals surface area (Å²) in [5.74, 6) is 0. The molecule has 8 heteroatoms. The van der Waals surface area contributed by atoms with Crippen molar-refractivity contribution in [2.45, 2.75) is 38.5 Å². The average molecular weight is 368 g/mol. The van der Waals surface area contributed by atoms with Gasteiger partial charge in [-0.2, -0.15) is 0 Å². The summed E-state index contributed by atoms with van der Waals surface area (Å²) in [5, 5.41) is 21.8. The number of hydrogen-bond acceptors (Lipinski definition) is 6. The van der Waals surface area contributed by atoms with Crippen LogP contribution in [0, 0.1) is 0 Å². The van der Waals surface area contributed by atoms with Gasteiger partial charge >= 0.3 is 12.2 Å². The minimum absolute atomic E-state index is 0.0432. The fourth-order valence-corrected chi connectivity index (χ4v) is 2.10. The van der Waals surface area contributed by atoms with Crippen LogP contribution in [0.15, 0.2) is 30.3 Å². The van der Waals surface area contributed by atoms with Gasteiger partial charge in [-0.25, -0.2) is 9.59 Å². The van der Waals surface area contributed by atoms with Crippen LogP contribution in [0.5, 0.6) is 0 Å². The molecule has 0 spiro atoms. The number of nitrogens with one attached hydrogen (secondary N) is 1. The van der Waals surface area contributed by atoms with E-state index in [1.165, 1.54) is 11.9 Å². The van der Waals surface area contributed by atoms with Crippen LogP contribution in [0.3, 0.4) is 0 Å². The molecular formula is C18H28N2O6. The number of carbonyl (C=O) groups is 2. The van der Waals surface area contributed by atoms with E-state index in [0.717, 1.165) is 5.56 Å². The smallest absolute Gasteiger partial charge is 0.410 e. The Hall–Kier alpha value is -2.32. The van der Waals surface area contributed by atoms with Gasteiger partial charge < -0.3 is 29.9 Å². The molecule has 0 atom stereocenters. The SMILES string of the molecule is CN(CC(CO)(CO)NC(=O)OCc1ccccc1)C(=O)OC(C)(C)C. The van der Waals surface area contributed by atoms with Crippen LogP contribution in [0.25, 0.3) is 0 Å². The second-order valence-corrected chi connectivity index (χ2v) is 7.12. The second kappa shape index (κ2) is 9.40. The third-order valence-corrected chi connectivity index (χ3v) is 3.43. The molecule has 1 aromatic rings. The van der Waals surface area contributed by atoms with Gasteiger partial charge in [0.15, 0.2) is 0 Å². The van der Waals surface area contributed by atoms with Crippen LogP contribution < -0.4 is 5.32 Å². The van der Waals surface area contributed by atoms with Crippen molar-refractivity contribution in [2.24, 2.45) is 0 Å². The molecular weight excluding hydrogens is 340 g/mol. The first-order valence-corrected chi connectivity index (χ1v) is 8.25. The third-order valence-electron chi connectivity index (χ3n) is 3.43. The maximum atomic E-state index is 12.1. The Balaban J connectivity index is 2.66. The molecule has 0 saturated carbocycles. The first-order chi connectivity index (χ1) is 12.1. The zero-order chi connectivity index (χ0) is 19.8. The van der Waals surface area contributed by atoms with Crippen LogP contribution in [0.1, 0.15) is 26.3 Å². The number of aliphatic hydroxyl groups excluding tert-OH is 2. The van der Waals surface area contributed by atoms with Crippen molar-refractivity contribution in [1.82, 2.24) is 10.2 Å². The van der Waals surface area contributed by atoms with Crippen molar-refractivity contribution in [2.75, 3.05) is 26.8 Å². The molecule has 0 aliphatic carbocycles. The largest absolute Gasteiger partial charge is 0.445 e. The molecule has 0 radical (unpaired) electrons. The second-order valence-electron chi connectivity index (χ2n) is 7.12. The number of nitrogens with zero attached hydrogens (tertiary/aromatic N) is 1. The van der Waals surface area contributed by atoms with Crippen LogP contribution in [-0.2, 0) is 16.1 Å². The minimum atomic E-state index is -1.46. The Kier molecular flexibility index (Phi) is 7.85. The van der Waals surface area contributed by atoms with Gasteiger partial charge in [0, 0.05) is 7.05 Å². The number of hydrogen-bond donors (Lipinski definition) is 3. The molecule has 26 heavy (non-hydrogen) atoms. The van der Waals surface area contributed by atoms with Crippen molar-refractivity contribution in [3.63, 3.8) is 0 Å². The highest BCUT2D eigenvalue weighted by Gasteiger charge is 2.35. The van der Waals surface area contributed by atoms with Gasteiger partial charge in [-0.15, -0.1) is 0 Å². The molecule has 146 valence electrons. The van der Waals surface area contributed by atoms with Crippen LogP contribution >= 0.6 is 0 Å². The lowest BCUT2D eigenvalue weighted by atomic mass is 10.0. The van der Waals surface area contributed by atoms with Crippen molar-refractivity contribution in [3.05, 3.63) is 35.9 Å². The zero-order valence-corrected chi connectivity index (χ0v) is 15.7. The fourth-order valence-electron chi connectivity index (χ4n) is 2.10. The Labute approximate surface area is 153 Å². The standard InChI is InChI=1S/C18H28N2O6/c1-17(2,3)26-16(24)20(4)11-18(12-21,13-22)19-15(23)25-10-14-8-6-5-7-9-14/h5-9,21-22H,10-13H2,1-4H3,(H,19,23). The lowest BCUT2D eigenvalue weighted by Gasteiger charge is -2.35. The highest BCUT2D eigenvalue weighted by molar-refractivity contribution is 5.70. The summed E-state index contributed by atoms with van der Waals surface area (Å²) < 4.78 is 10.3. The average Bonchev–Trinajstić information content (AvgIpc) is 2.58. The third kappa shape index (κ3) is 7.28. The summed E-state index contributed by atoms with van der Waals surface area (Å²) in [7, 11) is 1.45. The molecule has 0 bridgehead atoms. The summed E-state index contributed by atoms with van der Waals surface area (Å²) >= 11 is 0. The summed E-state index contributed by atoms with van der Waals surface area (Å²) in [4.78, 5) is 25.3. The topological polar surface area (TPSA) is 108 Å². The van der Waals surface area contributed by atoms with Crippen LogP contribution in [-0.4, -0.2) is 65.2 Å². The monoisotopic (exact) mass is 368 g/mol. The molecule has 3 N–H and O–H groups in total. The highest BCUT2D eigenvalue weighted by Crippen LogP contribution is 2.12. The minimum Gasteiger partial charge on any atom is -0.445 e. The molecule has 0 heterocycles. The van der Waals surface area contributed by atoms with E-state index < -0.39 is 36.5 Å². The molecule has 2 amide bonds. The molecule has 0 saturated heterocycles. The molecule has 0 aliphatic rings. The molecule has 0 aromatic heterocycles. The fraction of sp³-hybridized carbons (Fsp3) is 0.556. The van der Waals surface area contributed by atoms with E-state index in [1.54, 1.807) is 32.9 Å². The molecule has 1 aromatic carbocycles. The number of amides is 2. The van der Waals surface area contributed by atoms with Gasteiger partial charge in [0.1, 0.15) is 17.7 Å². The number of carbonyl (C=O) groups excluding carboxylic acids is 2. The number of rotatable bonds is 7. The van der Waals surface area contributed by atoms with Crippen LogP contribution in [0.4, 0.5) is 9.59 Å². The normalized spacial score (nSPS) is 11.6. The lowest BCUT2D eigenvalue weighted by Crippen LogP contribution is -2.61. The Morgan fingerprint density at radius 3 is 2.19 bits per heavy atom. The summed E-state index contributed by atoms with van der Waals surface area (Å²) in [5.41, 5.74) is -1.35. The summed E-state index contributed by atoms with van der Waals surface area (Å²) in [6, 6.07) is 9.08. The van der Waals surface area contributed by atoms with Crippen LogP contribution in [0.2, 0.25) is 0 Å². The number of aliphatic hydroxyl groups is 2. The number of likely N-dealkylation sites (N-methyl/N-ethyl adjacent to an activating group) is 1. The first-order valence-electron chi connectivity index (χ1n) is 8.25. The quantitative estimate of drug-likeness (QED) is 0.673. The van der Waals surface area contributed by atoms with E-state index in [2.05, 4.69) is 5.32 Å². The van der Waals surface area contributed by atoms with Gasteiger partial charge in [0.25, 0.3) is 0 Å². The van der Waals surface area contributed by atoms with E-state index >= 15 is 0 Å². The first kappa shape index (κ1) is 21.7. The Bertz CT molecular complexity index is 581. The maximum Gasteiger partial charge on any atom is 0.410 e. The lowest BCUT2D eigenvalue weighted by molar-refractivity contribution is 0.0123. The van der Waals surface area contributed by atoms with Gasteiger partial charge in [-0.1, -0.05) is 30.3 Å². The Morgan fingerprint density at radius 2 is 1.69 bits per heavy atom. The van der Waals surface area contributed by atoms with Crippen molar-refractivity contribution >= 4 is 12.2 Å². The van der Waals surface area contributed by atoms with E-state index in [4.69, 9.17) is 9.47 Å². The summed E-state index contributed by atoms with van der Waals surface area (Å²) in [6.45, 7) is 3.89. The predicted molar refractivity (Wildman–Crippen MR) is 95.5 cm³/mol. The number of ether oxygens (including phenoxy) is 2. The van der Waals surface area contributed by atoms with E-state index in [-0.39, 0.29) is 13.2 Å². The maximum absolute atomic E-state index is 12.1. The van der Waals surface area contributed by atoms with Gasteiger partial charge in [0.05, 0.1) is 19.8 Å². The number of benzene rings is 1. The molecule has 0 unspecified atom stereocenters. The highest BCUT2D eigenvalue weighted by atomic mass is 16.6. The van der Waals surface area contributed by atoms with E-state index in [9.17, 15) is 19.8 Å². The van der Waals surface area contributed by atoms with Gasteiger partial charge in [-0.05, 0) is 26.3 Å². The molecule has 0 fully saturated rings. The van der Waals surface area contributed by atoms with Crippen molar-refractivity contribution in [1.29, 1.82) is 0 Å². The van der Waals surface area contributed by atoms with Crippen molar-refractivity contribution in [3.8, 4) is 0 Å². The van der Waals surface area contributed by atoms with Gasteiger partial charge in [0.2, 0.25) is 0 Å².